The standard InChI is InChI=1S/C27H54N6O13S2/c28-6-11-17(35)19(37)14(32)25(41-11)44-22-10(31)5-9(30)16(34)24(22)46-27-21(39)23(13(43-27)8-48-4-2-40-1-3-47)45-26-15(33)20(38)18(36)12(7-29)42-26/h9-27,34-39,47H,1-8,28-33H2. The molecule has 3 saturated heterocycles. The first-order valence-electron chi connectivity index (χ1n) is 16.0. The fourth-order valence-corrected chi connectivity index (χ4v) is 7.25. The van der Waals surface area contributed by atoms with E-state index in [0.717, 1.165) is 0 Å². The Morgan fingerprint density at radius 3 is 1.67 bits per heavy atom. The summed E-state index contributed by atoms with van der Waals surface area (Å²) < 4.78 is 41.5. The van der Waals surface area contributed by atoms with Crippen molar-refractivity contribution in [3.63, 3.8) is 0 Å². The number of aliphatic hydroxyl groups excluding tert-OH is 6. The van der Waals surface area contributed by atoms with Crippen LogP contribution in [0.25, 0.3) is 0 Å². The lowest BCUT2D eigenvalue weighted by atomic mass is 9.84. The number of thioether (sulfide) groups is 1. The average Bonchev–Trinajstić information content (AvgIpc) is 3.35. The molecular weight excluding hydrogens is 680 g/mol. The number of thiol groups is 1. The lowest BCUT2D eigenvalue weighted by Crippen LogP contribution is -2.68. The van der Waals surface area contributed by atoms with Gasteiger partial charge in [-0.3, -0.25) is 0 Å². The second-order valence-electron chi connectivity index (χ2n) is 12.5. The maximum Gasteiger partial charge on any atom is 0.187 e. The molecule has 0 bridgehead atoms. The third-order valence-electron chi connectivity index (χ3n) is 9.08. The van der Waals surface area contributed by atoms with Crippen molar-refractivity contribution in [1.29, 1.82) is 0 Å². The Labute approximate surface area is 288 Å². The predicted octanol–water partition coefficient (Wildman–Crippen LogP) is -7.21. The summed E-state index contributed by atoms with van der Waals surface area (Å²) >= 11 is 5.57. The summed E-state index contributed by atoms with van der Waals surface area (Å²) in [5.74, 6) is 1.44. The summed E-state index contributed by atoms with van der Waals surface area (Å²) in [6.45, 7) is 0.646. The number of aliphatic hydroxyl groups is 6. The summed E-state index contributed by atoms with van der Waals surface area (Å²) in [7, 11) is 0. The predicted molar refractivity (Wildman–Crippen MR) is 173 cm³/mol. The summed E-state index contributed by atoms with van der Waals surface area (Å²) in [6.07, 6.45) is -18.7. The molecule has 282 valence electrons. The summed E-state index contributed by atoms with van der Waals surface area (Å²) in [6, 6.07) is -4.08. The highest BCUT2D eigenvalue weighted by Crippen LogP contribution is 2.35. The topological polar surface area (TPSA) is 342 Å². The summed E-state index contributed by atoms with van der Waals surface area (Å²) in [4.78, 5) is 0. The van der Waals surface area contributed by atoms with Crippen molar-refractivity contribution in [2.75, 3.05) is 43.6 Å². The number of ether oxygens (including phenoxy) is 7. The lowest BCUT2D eigenvalue weighted by molar-refractivity contribution is -0.306. The molecular formula is C27H54N6O13S2. The van der Waals surface area contributed by atoms with Gasteiger partial charge in [0.1, 0.15) is 61.0 Å². The molecule has 4 aliphatic rings. The molecule has 21 heteroatoms. The Hall–Kier alpha value is -0.0600. The Kier molecular flexibility index (Phi) is 15.8. The van der Waals surface area contributed by atoms with E-state index in [2.05, 4.69) is 12.6 Å². The molecule has 3 heterocycles. The van der Waals surface area contributed by atoms with E-state index in [-0.39, 0.29) is 25.3 Å². The molecule has 4 rings (SSSR count). The van der Waals surface area contributed by atoms with Crippen LogP contribution in [0.5, 0.6) is 0 Å². The molecule has 19 atom stereocenters. The minimum atomic E-state index is -1.50. The van der Waals surface area contributed by atoms with Crippen LogP contribution < -0.4 is 34.4 Å². The Morgan fingerprint density at radius 1 is 0.604 bits per heavy atom. The van der Waals surface area contributed by atoms with Gasteiger partial charge in [-0.25, -0.2) is 0 Å². The van der Waals surface area contributed by atoms with Crippen molar-refractivity contribution >= 4 is 24.4 Å². The monoisotopic (exact) mass is 734 g/mol. The van der Waals surface area contributed by atoms with E-state index in [0.29, 0.717) is 24.7 Å². The van der Waals surface area contributed by atoms with Crippen molar-refractivity contribution < 1.29 is 63.8 Å². The van der Waals surface area contributed by atoms with E-state index in [9.17, 15) is 30.6 Å². The Balaban J connectivity index is 1.52. The van der Waals surface area contributed by atoms with Crippen LogP contribution in [0.3, 0.4) is 0 Å². The zero-order valence-electron chi connectivity index (χ0n) is 26.5. The summed E-state index contributed by atoms with van der Waals surface area (Å²) in [5, 5.41) is 64.3. The first kappa shape index (κ1) is 40.7. The van der Waals surface area contributed by atoms with E-state index >= 15 is 0 Å². The van der Waals surface area contributed by atoms with Crippen LogP contribution in [0.2, 0.25) is 0 Å². The maximum absolute atomic E-state index is 11.5. The largest absolute Gasteiger partial charge is 0.389 e. The van der Waals surface area contributed by atoms with Crippen LogP contribution in [-0.4, -0.2) is 190 Å². The highest BCUT2D eigenvalue weighted by molar-refractivity contribution is 7.99. The van der Waals surface area contributed by atoms with Crippen molar-refractivity contribution in [2.24, 2.45) is 34.4 Å². The average molecular weight is 735 g/mol. The SMILES string of the molecule is NCC1OC(OC2C(CSCCOCCS)OC(OC3C(O)C(N)CC(N)C3OC3OC(CN)C(O)C(O)C3N)C2O)C(N)C(O)C1O. The van der Waals surface area contributed by atoms with Crippen molar-refractivity contribution in [1.82, 2.24) is 0 Å². The van der Waals surface area contributed by atoms with Crippen LogP contribution in [0.4, 0.5) is 0 Å². The molecule has 18 N–H and O–H groups in total. The molecule has 0 radical (unpaired) electrons. The third-order valence-corrected chi connectivity index (χ3v) is 10.3. The molecule has 0 amide bonds. The maximum atomic E-state index is 11.5. The number of rotatable bonds is 15. The number of hydrogen-bond donors (Lipinski definition) is 13. The fourth-order valence-electron chi connectivity index (χ4n) is 6.21. The van der Waals surface area contributed by atoms with Crippen molar-refractivity contribution in [3.05, 3.63) is 0 Å². The highest BCUT2D eigenvalue weighted by atomic mass is 32.2. The third kappa shape index (κ3) is 9.29. The zero-order valence-corrected chi connectivity index (χ0v) is 28.2. The smallest absolute Gasteiger partial charge is 0.187 e. The zero-order chi connectivity index (χ0) is 35.3. The molecule has 19 nitrogen and oxygen atoms in total. The van der Waals surface area contributed by atoms with E-state index in [1.165, 1.54) is 11.8 Å². The van der Waals surface area contributed by atoms with Gasteiger partial charge in [-0.15, -0.1) is 0 Å². The van der Waals surface area contributed by atoms with Gasteiger partial charge in [-0.1, -0.05) is 0 Å². The number of nitrogens with two attached hydrogens (primary N) is 6. The fraction of sp³-hybridized carbons (Fsp3) is 1.00. The first-order chi connectivity index (χ1) is 22.8. The van der Waals surface area contributed by atoms with Gasteiger partial charge in [0.2, 0.25) is 0 Å². The van der Waals surface area contributed by atoms with Gasteiger partial charge in [0.25, 0.3) is 0 Å². The number of hydrogen-bond acceptors (Lipinski definition) is 21. The second-order valence-corrected chi connectivity index (χ2v) is 14.1. The van der Waals surface area contributed by atoms with Gasteiger partial charge in [0.15, 0.2) is 18.9 Å². The van der Waals surface area contributed by atoms with Crippen LogP contribution in [0, 0.1) is 0 Å². The molecule has 1 aliphatic carbocycles. The van der Waals surface area contributed by atoms with Crippen LogP contribution >= 0.6 is 24.4 Å². The molecule has 0 spiro atoms. The minimum Gasteiger partial charge on any atom is -0.389 e. The second kappa shape index (κ2) is 18.6. The van der Waals surface area contributed by atoms with Crippen molar-refractivity contribution in [3.8, 4) is 0 Å². The first-order valence-corrected chi connectivity index (χ1v) is 17.8. The molecule has 0 aromatic heterocycles. The van der Waals surface area contributed by atoms with Gasteiger partial charge in [-0.05, 0) is 6.42 Å². The van der Waals surface area contributed by atoms with Crippen LogP contribution in [0.1, 0.15) is 6.42 Å². The van der Waals surface area contributed by atoms with E-state index in [1.807, 2.05) is 0 Å². The molecule has 1 saturated carbocycles. The Bertz CT molecular complexity index is 974. The Morgan fingerprint density at radius 2 is 1.12 bits per heavy atom. The summed E-state index contributed by atoms with van der Waals surface area (Å²) in [5.41, 5.74) is 36.3. The lowest BCUT2D eigenvalue weighted by Gasteiger charge is -2.47. The van der Waals surface area contributed by atoms with Gasteiger partial charge >= 0.3 is 0 Å². The molecule has 0 aromatic rings. The normalized spacial score (nSPS) is 48.6. The van der Waals surface area contributed by atoms with Crippen LogP contribution in [-0.2, 0) is 33.2 Å². The highest BCUT2D eigenvalue weighted by Gasteiger charge is 2.54. The van der Waals surface area contributed by atoms with Gasteiger partial charge < -0.3 is 98.2 Å². The van der Waals surface area contributed by atoms with Gasteiger partial charge in [0, 0.05) is 42.4 Å². The molecule has 48 heavy (non-hydrogen) atoms. The molecule has 4 fully saturated rings. The van der Waals surface area contributed by atoms with Crippen molar-refractivity contribution in [2.45, 2.75) is 123 Å². The molecule has 19 unspecified atom stereocenters. The van der Waals surface area contributed by atoms with Gasteiger partial charge in [-0.2, -0.15) is 24.4 Å². The van der Waals surface area contributed by atoms with E-state index < -0.39 is 116 Å². The minimum absolute atomic E-state index is 0.112. The molecule has 3 aliphatic heterocycles. The van der Waals surface area contributed by atoms with E-state index in [1.54, 1.807) is 0 Å². The van der Waals surface area contributed by atoms with Crippen LogP contribution in [0.15, 0.2) is 0 Å². The van der Waals surface area contributed by atoms with E-state index in [4.69, 9.17) is 67.6 Å². The molecule has 0 aromatic carbocycles. The van der Waals surface area contributed by atoms with Gasteiger partial charge in [0.05, 0.1) is 37.5 Å². The quantitative estimate of drug-likeness (QED) is 0.0549.